The number of aromatic amines is 2. The maximum Gasteiger partial charge on any atom is 0.407 e. The van der Waals surface area contributed by atoms with Crippen LogP contribution in [0.2, 0.25) is 0 Å². The van der Waals surface area contributed by atoms with E-state index in [1.54, 1.807) is 45.3 Å². The Morgan fingerprint density at radius 1 is 0.737 bits per heavy atom. The van der Waals surface area contributed by atoms with Gasteiger partial charge in [-0.15, -0.1) is 0 Å². The van der Waals surface area contributed by atoms with Crippen LogP contribution in [0.5, 0.6) is 0 Å². The highest BCUT2D eigenvalue weighted by Gasteiger charge is 2.38. The number of hydrogen-bond acceptors (Lipinski definition) is 9. The van der Waals surface area contributed by atoms with Gasteiger partial charge in [0.15, 0.2) is 0 Å². The molecule has 0 spiro atoms. The van der Waals surface area contributed by atoms with Crippen LogP contribution in [-0.2, 0) is 25.6 Å². The van der Waals surface area contributed by atoms with Crippen molar-refractivity contribution in [3.8, 4) is 33.6 Å². The van der Waals surface area contributed by atoms with Gasteiger partial charge in [-0.3, -0.25) is 14.3 Å². The van der Waals surface area contributed by atoms with Crippen molar-refractivity contribution in [3.05, 3.63) is 91.0 Å². The van der Waals surface area contributed by atoms with Gasteiger partial charge < -0.3 is 39.9 Å². The maximum atomic E-state index is 13.8. The van der Waals surface area contributed by atoms with Crippen molar-refractivity contribution in [2.75, 3.05) is 27.3 Å². The van der Waals surface area contributed by atoms with E-state index in [1.807, 2.05) is 38.1 Å². The van der Waals surface area contributed by atoms with Crippen molar-refractivity contribution in [1.82, 2.24) is 50.1 Å². The van der Waals surface area contributed by atoms with Gasteiger partial charge in [-0.25, -0.2) is 19.6 Å². The molecular formula is C41H48N10O6. The number of nitrogens with one attached hydrogen (secondary N) is 4. The summed E-state index contributed by atoms with van der Waals surface area (Å²) in [6.45, 7) is 5.10. The van der Waals surface area contributed by atoms with Crippen LogP contribution in [0.3, 0.4) is 0 Å². The first-order valence-corrected chi connectivity index (χ1v) is 19.2. The van der Waals surface area contributed by atoms with Crippen LogP contribution in [0.4, 0.5) is 9.59 Å². The fourth-order valence-corrected chi connectivity index (χ4v) is 7.68. The van der Waals surface area contributed by atoms with Crippen molar-refractivity contribution >= 4 is 24.0 Å². The Bertz CT molecular complexity index is 2160. The van der Waals surface area contributed by atoms with Gasteiger partial charge in [-0.05, 0) is 59.9 Å². The Hall–Kier alpha value is -6.45. The molecule has 2 aliphatic heterocycles. The molecule has 2 aliphatic rings. The lowest BCUT2D eigenvalue weighted by molar-refractivity contribution is -0.136. The van der Waals surface area contributed by atoms with Gasteiger partial charge in [0.25, 0.3) is 0 Å². The Morgan fingerprint density at radius 2 is 1.23 bits per heavy atom. The summed E-state index contributed by atoms with van der Waals surface area (Å²) in [6, 6.07) is 16.2. The van der Waals surface area contributed by atoms with E-state index in [9.17, 15) is 19.2 Å². The van der Waals surface area contributed by atoms with Crippen molar-refractivity contribution in [1.29, 1.82) is 0 Å². The number of likely N-dealkylation sites (tertiary alicyclic amines) is 2. The number of nitrogens with zero attached hydrogens (tertiary/aromatic N) is 6. The van der Waals surface area contributed by atoms with Crippen LogP contribution in [0.25, 0.3) is 33.6 Å². The minimum absolute atomic E-state index is 0.109. The molecule has 2 aromatic carbocycles. The summed E-state index contributed by atoms with van der Waals surface area (Å²) >= 11 is 0. The number of alkyl carbamates (subject to hydrolysis) is 2. The zero-order chi connectivity index (χ0) is 40.1. The number of imidazole rings is 2. The maximum absolute atomic E-state index is 13.8. The zero-order valence-corrected chi connectivity index (χ0v) is 32.5. The minimum Gasteiger partial charge on any atom is -0.453 e. The second-order valence-corrected chi connectivity index (χ2v) is 14.7. The number of carbonyl (C=O) groups is 4. The quantitative estimate of drug-likeness (QED) is 0.127. The number of H-pyrrole nitrogens is 2. The highest BCUT2D eigenvalue weighted by atomic mass is 16.5. The fourth-order valence-electron chi connectivity index (χ4n) is 7.68. The molecular weight excluding hydrogens is 729 g/mol. The molecule has 4 atom stereocenters. The molecule has 0 saturated carbocycles. The van der Waals surface area contributed by atoms with Crippen LogP contribution in [0, 0.1) is 5.92 Å². The van der Waals surface area contributed by atoms with Gasteiger partial charge >= 0.3 is 12.2 Å². The van der Waals surface area contributed by atoms with Crippen LogP contribution < -0.4 is 10.6 Å². The molecule has 3 aromatic heterocycles. The molecule has 57 heavy (non-hydrogen) atoms. The smallest absolute Gasteiger partial charge is 0.407 e. The Morgan fingerprint density at radius 3 is 1.70 bits per heavy atom. The standard InChI is InChI=1S/C41H48N10O6/c1-25(2)35(48-41(55)57-4)39(53)51-21-6-9-34(51)37-43-23-31(46-37)29-16-12-27(13-17-29)26-10-14-28(15-11-26)30-22-42-36(45-30)33-8-5-20-50(33)38(52)32(47-40(54)56-3)24-49-19-7-18-44-49/h7,10-19,22-23,25,32-35H,5-6,8-9,20-21,24H2,1-4H3,(H,42,45)(H,43,46)(H,47,54)(H,48,55)/t32-,33-,34-,35-/m0/s1. The van der Waals surface area contributed by atoms with Crippen molar-refractivity contribution in [3.63, 3.8) is 0 Å². The molecule has 5 heterocycles. The van der Waals surface area contributed by atoms with Crippen LogP contribution in [-0.4, -0.2) is 103 Å². The van der Waals surface area contributed by atoms with Crippen LogP contribution in [0.15, 0.2) is 79.4 Å². The number of aromatic nitrogens is 6. The lowest BCUT2D eigenvalue weighted by Crippen LogP contribution is -2.51. The minimum atomic E-state index is -0.854. The SMILES string of the molecule is COC(=O)N[C@@H](Cn1cccn1)C(=O)N1CCC[C@H]1c1ncc(-c2ccc(-c3ccc(-c4cnc([C@@H]5CCCN5C(=O)[C@@H](NC(=O)OC)C(C)C)[nH]4)cc3)cc2)[nH]1. The molecule has 4 N–H and O–H groups in total. The summed E-state index contributed by atoms with van der Waals surface area (Å²) in [5, 5.41) is 9.56. The molecule has 16 nitrogen and oxygen atoms in total. The van der Waals surface area contributed by atoms with Crippen molar-refractivity contribution < 1.29 is 28.7 Å². The highest BCUT2D eigenvalue weighted by molar-refractivity contribution is 5.87. The summed E-state index contributed by atoms with van der Waals surface area (Å²) in [5.74, 6) is 0.932. The largest absolute Gasteiger partial charge is 0.453 e. The summed E-state index contributed by atoms with van der Waals surface area (Å²) in [6.07, 6.45) is 8.81. The number of rotatable bonds is 12. The molecule has 7 rings (SSSR count). The van der Waals surface area contributed by atoms with E-state index in [-0.39, 0.29) is 36.4 Å². The third-order valence-corrected chi connectivity index (χ3v) is 10.7. The molecule has 298 valence electrons. The number of ether oxygens (including phenoxy) is 2. The Kier molecular flexibility index (Phi) is 11.7. The Balaban J connectivity index is 0.998. The van der Waals surface area contributed by atoms with Crippen molar-refractivity contribution in [2.45, 2.75) is 70.2 Å². The number of hydrogen-bond donors (Lipinski definition) is 4. The lowest BCUT2D eigenvalue weighted by atomic mass is 10.0. The van der Waals surface area contributed by atoms with Gasteiger partial charge in [-0.2, -0.15) is 5.10 Å². The van der Waals surface area contributed by atoms with Gasteiger partial charge in [-0.1, -0.05) is 62.4 Å². The monoisotopic (exact) mass is 776 g/mol. The van der Waals surface area contributed by atoms with E-state index < -0.39 is 24.3 Å². The first-order valence-electron chi connectivity index (χ1n) is 19.2. The number of amides is 4. The summed E-state index contributed by atoms with van der Waals surface area (Å²) < 4.78 is 11.2. The normalized spacial score (nSPS) is 17.7. The molecule has 4 amide bonds. The van der Waals surface area contributed by atoms with Crippen LogP contribution in [0.1, 0.15) is 63.3 Å². The highest BCUT2D eigenvalue weighted by Crippen LogP contribution is 2.35. The van der Waals surface area contributed by atoms with Gasteiger partial charge in [0, 0.05) is 25.5 Å². The van der Waals surface area contributed by atoms with E-state index >= 15 is 0 Å². The number of benzene rings is 2. The molecule has 16 heteroatoms. The zero-order valence-electron chi connectivity index (χ0n) is 32.5. The van der Waals surface area contributed by atoms with Gasteiger partial charge in [0.2, 0.25) is 11.8 Å². The molecule has 2 fully saturated rings. The Labute approximate surface area is 330 Å². The molecule has 0 radical (unpaired) electrons. The average molecular weight is 777 g/mol. The van der Waals surface area contributed by atoms with Gasteiger partial charge in [0.05, 0.1) is 56.6 Å². The predicted octanol–water partition coefficient (Wildman–Crippen LogP) is 5.46. The second kappa shape index (κ2) is 17.1. The van der Waals surface area contributed by atoms with E-state index in [4.69, 9.17) is 9.47 Å². The third kappa shape index (κ3) is 8.54. The fraction of sp³-hybridized carbons (Fsp3) is 0.390. The summed E-state index contributed by atoms with van der Waals surface area (Å²) in [7, 11) is 2.55. The number of carbonyl (C=O) groups excluding carboxylic acids is 4. The van der Waals surface area contributed by atoms with E-state index in [2.05, 4.69) is 59.9 Å². The first kappa shape index (κ1) is 38.8. The third-order valence-electron chi connectivity index (χ3n) is 10.7. The molecule has 0 unspecified atom stereocenters. The van der Waals surface area contributed by atoms with Crippen LogP contribution >= 0.6 is 0 Å². The predicted molar refractivity (Wildman–Crippen MR) is 210 cm³/mol. The average Bonchev–Trinajstić information content (AvgIpc) is 4.09. The van der Waals surface area contributed by atoms with Crippen molar-refractivity contribution in [2.24, 2.45) is 5.92 Å². The van der Waals surface area contributed by atoms with E-state index in [1.165, 1.54) is 14.2 Å². The lowest BCUT2D eigenvalue weighted by Gasteiger charge is -2.30. The summed E-state index contributed by atoms with van der Waals surface area (Å²) in [4.78, 5) is 71.2. The molecule has 2 saturated heterocycles. The van der Waals surface area contributed by atoms with E-state index in [0.717, 1.165) is 65.1 Å². The molecule has 0 bridgehead atoms. The van der Waals surface area contributed by atoms with E-state index in [0.29, 0.717) is 18.9 Å². The molecule has 5 aromatic rings. The second-order valence-electron chi connectivity index (χ2n) is 14.7. The van der Waals surface area contributed by atoms with Gasteiger partial charge in [0.1, 0.15) is 23.7 Å². The first-order chi connectivity index (χ1) is 27.6. The molecule has 0 aliphatic carbocycles. The topological polar surface area (TPSA) is 192 Å². The summed E-state index contributed by atoms with van der Waals surface area (Å²) in [5.41, 5.74) is 5.71. The number of methoxy groups -OCH3 is 2.